The summed E-state index contributed by atoms with van der Waals surface area (Å²) in [6.45, 7) is 1.43. The van der Waals surface area contributed by atoms with Gasteiger partial charge in [-0.2, -0.15) is 0 Å². The van der Waals surface area contributed by atoms with Gasteiger partial charge >= 0.3 is 5.97 Å². The monoisotopic (exact) mass is 399 g/mol. The van der Waals surface area contributed by atoms with Crippen LogP contribution in [0.1, 0.15) is 17.3 Å². The molecule has 3 aromatic carbocycles. The molecule has 1 atom stereocenters. The van der Waals surface area contributed by atoms with Crippen molar-refractivity contribution in [2.24, 2.45) is 0 Å². The van der Waals surface area contributed by atoms with Gasteiger partial charge < -0.3 is 19.9 Å². The van der Waals surface area contributed by atoms with Crippen LogP contribution in [0.15, 0.2) is 54.6 Å². The lowest BCUT2D eigenvalue weighted by Gasteiger charge is -2.16. The summed E-state index contributed by atoms with van der Waals surface area (Å²) >= 11 is 5.95. The SMILES string of the molecule is COc1ccc(Cl)cc1NC(=O)C(C)OC(=O)c1cc2ccccc2cc1O. The highest BCUT2D eigenvalue weighted by molar-refractivity contribution is 6.31. The number of amides is 1. The van der Waals surface area contributed by atoms with E-state index in [4.69, 9.17) is 21.1 Å². The molecule has 0 radical (unpaired) electrons. The van der Waals surface area contributed by atoms with Crippen molar-refractivity contribution < 1.29 is 24.2 Å². The third kappa shape index (κ3) is 4.18. The summed E-state index contributed by atoms with van der Waals surface area (Å²) in [4.78, 5) is 24.9. The smallest absolute Gasteiger partial charge is 0.342 e. The summed E-state index contributed by atoms with van der Waals surface area (Å²) in [6, 6.07) is 15.1. The molecule has 0 aromatic heterocycles. The first-order valence-electron chi connectivity index (χ1n) is 8.46. The lowest BCUT2D eigenvalue weighted by Crippen LogP contribution is -2.30. The van der Waals surface area contributed by atoms with Crippen LogP contribution in [0.3, 0.4) is 0 Å². The van der Waals surface area contributed by atoms with E-state index >= 15 is 0 Å². The van der Waals surface area contributed by atoms with Gasteiger partial charge in [0.15, 0.2) is 6.10 Å². The number of ether oxygens (including phenoxy) is 2. The van der Waals surface area contributed by atoms with Crippen molar-refractivity contribution in [3.8, 4) is 11.5 Å². The number of methoxy groups -OCH3 is 1. The van der Waals surface area contributed by atoms with Gasteiger partial charge in [-0.25, -0.2) is 4.79 Å². The topological polar surface area (TPSA) is 84.9 Å². The van der Waals surface area contributed by atoms with E-state index in [1.54, 1.807) is 12.1 Å². The van der Waals surface area contributed by atoms with E-state index in [0.717, 1.165) is 10.8 Å². The number of esters is 1. The van der Waals surface area contributed by atoms with Crippen LogP contribution in [-0.2, 0) is 9.53 Å². The number of hydrogen-bond acceptors (Lipinski definition) is 5. The van der Waals surface area contributed by atoms with Gasteiger partial charge in [-0.05, 0) is 48.0 Å². The molecule has 0 spiro atoms. The van der Waals surface area contributed by atoms with Crippen LogP contribution in [0.2, 0.25) is 5.02 Å². The molecule has 6 nitrogen and oxygen atoms in total. The van der Waals surface area contributed by atoms with Gasteiger partial charge in [-0.1, -0.05) is 35.9 Å². The van der Waals surface area contributed by atoms with Crippen molar-refractivity contribution in [1.82, 2.24) is 0 Å². The van der Waals surface area contributed by atoms with Crippen molar-refractivity contribution in [3.63, 3.8) is 0 Å². The average Bonchev–Trinajstić information content (AvgIpc) is 2.67. The Morgan fingerprint density at radius 2 is 1.75 bits per heavy atom. The Morgan fingerprint density at radius 1 is 1.07 bits per heavy atom. The highest BCUT2D eigenvalue weighted by Crippen LogP contribution is 2.28. The zero-order chi connectivity index (χ0) is 20.3. The van der Waals surface area contributed by atoms with Crippen LogP contribution in [0, 0.1) is 0 Å². The molecule has 3 rings (SSSR count). The minimum Gasteiger partial charge on any atom is -0.507 e. The fraction of sp³-hybridized carbons (Fsp3) is 0.143. The Morgan fingerprint density at radius 3 is 2.43 bits per heavy atom. The molecule has 0 saturated heterocycles. The summed E-state index contributed by atoms with van der Waals surface area (Å²) in [5.74, 6) is -1.16. The number of phenolic OH excluding ortho intramolecular Hbond substituents is 1. The number of aromatic hydroxyl groups is 1. The van der Waals surface area contributed by atoms with Crippen LogP contribution >= 0.6 is 11.6 Å². The number of carbonyl (C=O) groups excluding carboxylic acids is 2. The van der Waals surface area contributed by atoms with Gasteiger partial charge in [0.05, 0.1) is 12.8 Å². The number of benzene rings is 3. The third-order valence-corrected chi connectivity index (χ3v) is 4.39. The molecule has 0 aliphatic carbocycles. The summed E-state index contributed by atoms with van der Waals surface area (Å²) in [6.07, 6.45) is -1.11. The Labute approximate surface area is 166 Å². The number of carbonyl (C=O) groups is 2. The van der Waals surface area contributed by atoms with E-state index < -0.39 is 18.0 Å². The second-order valence-corrected chi connectivity index (χ2v) is 6.53. The molecule has 7 heteroatoms. The fourth-order valence-electron chi connectivity index (χ4n) is 2.68. The first-order chi connectivity index (χ1) is 13.4. The van der Waals surface area contributed by atoms with Crippen LogP contribution in [0.4, 0.5) is 5.69 Å². The molecule has 28 heavy (non-hydrogen) atoms. The molecule has 1 unspecified atom stereocenters. The third-order valence-electron chi connectivity index (χ3n) is 4.16. The lowest BCUT2D eigenvalue weighted by molar-refractivity contribution is -0.123. The summed E-state index contributed by atoms with van der Waals surface area (Å²) in [5.41, 5.74) is 0.343. The maximum Gasteiger partial charge on any atom is 0.342 e. The second kappa shape index (κ2) is 8.19. The standard InChI is InChI=1S/C21H18ClNO5/c1-12(20(25)23-17-11-15(22)7-8-19(17)27-2)28-21(26)16-9-13-5-3-4-6-14(13)10-18(16)24/h3-12,24H,1-2H3,(H,23,25). The van der Waals surface area contributed by atoms with Gasteiger partial charge in [-0.15, -0.1) is 0 Å². The quantitative estimate of drug-likeness (QED) is 0.621. The molecule has 0 fully saturated rings. The van der Waals surface area contributed by atoms with Crippen molar-refractivity contribution >= 4 is 39.9 Å². The zero-order valence-electron chi connectivity index (χ0n) is 15.2. The van der Waals surface area contributed by atoms with Crippen molar-refractivity contribution in [1.29, 1.82) is 0 Å². The molecule has 0 bridgehead atoms. The van der Waals surface area contributed by atoms with E-state index in [9.17, 15) is 14.7 Å². The predicted octanol–water partition coefficient (Wildman–Crippen LogP) is 4.39. The maximum atomic E-state index is 12.4. The highest BCUT2D eigenvalue weighted by Gasteiger charge is 2.22. The Balaban J connectivity index is 1.74. The Hall–Kier alpha value is -3.25. The number of anilines is 1. The molecule has 1 amide bonds. The summed E-state index contributed by atoms with van der Waals surface area (Å²) < 4.78 is 10.4. The first kappa shape index (κ1) is 19.5. The number of halogens is 1. The Bertz CT molecular complexity index is 1050. The first-order valence-corrected chi connectivity index (χ1v) is 8.84. The van der Waals surface area contributed by atoms with Crippen molar-refractivity contribution in [3.05, 3.63) is 65.2 Å². The molecular weight excluding hydrogens is 382 g/mol. The van der Waals surface area contributed by atoms with Crippen LogP contribution in [0.25, 0.3) is 10.8 Å². The van der Waals surface area contributed by atoms with Crippen LogP contribution < -0.4 is 10.1 Å². The minimum absolute atomic E-state index is 0.0151. The molecule has 0 heterocycles. The summed E-state index contributed by atoms with van der Waals surface area (Å²) in [7, 11) is 1.46. The molecule has 0 aliphatic rings. The molecule has 3 aromatic rings. The van der Waals surface area contributed by atoms with Gasteiger partial charge in [-0.3, -0.25) is 4.79 Å². The van der Waals surface area contributed by atoms with E-state index in [1.807, 2.05) is 24.3 Å². The average molecular weight is 400 g/mol. The van der Waals surface area contributed by atoms with E-state index in [-0.39, 0.29) is 11.3 Å². The fourth-order valence-corrected chi connectivity index (χ4v) is 2.85. The maximum absolute atomic E-state index is 12.4. The van der Waals surface area contributed by atoms with Crippen LogP contribution in [0.5, 0.6) is 11.5 Å². The number of phenols is 1. The number of rotatable bonds is 5. The van der Waals surface area contributed by atoms with Gasteiger partial charge in [0.1, 0.15) is 17.1 Å². The lowest BCUT2D eigenvalue weighted by atomic mass is 10.1. The second-order valence-electron chi connectivity index (χ2n) is 6.10. The summed E-state index contributed by atoms with van der Waals surface area (Å²) in [5, 5.41) is 14.7. The van der Waals surface area contributed by atoms with Crippen LogP contribution in [-0.4, -0.2) is 30.2 Å². The van der Waals surface area contributed by atoms with Crippen molar-refractivity contribution in [2.45, 2.75) is 13.0 Å². The number of nitrogens with one attached hydrogen (secondary N) is 1. The zero-order valence-corrected chi connectivity index (χ0v) is 16.0. The molecule has 144 valence electrons. The number of hydrogen-bond donors (Lipinski definition) is 2. The molecular formula is C21H18ClNO5. The Kier molecular flexibility index (Phi) is 5.70. The number of fused-ring (bicyclic) bond motifs is 1. The molecule has 2 N–H and O–H groups in total. The molecule has 0 aliphatic heterocycles. The van der Waals surface area contributed by atoms with Gasteiger partial charge in [0.25, 0.3) is 5.91 Å². The van der Waals surface area contributed by atoms with Crippen molar-refractivity contribution in [2.75, 3.05) is 12.4 Å². The van der Waals surface area contributed by atoms with Gasteiger partial charge in [0, 0.05) is 5.02 Å². The largest absolute Gasteiger partial charge is 0.507 e. The van der Waals surface area contributed by atoms with E-state index in [0.29, 0.717) is 16.5 Å². The van der Waals surface area contributed by atoms with Gasteiger partial charge in [0.2, 0.25) is 0 Å². The predicted molar refractivity (Wildman–Crippen MR) is 107 cm³/mol. The minimum atomic E-state index is -1.11. The normalized spacial score (nSPS) is 11.7. The highest BCUT2D eigenvalue weighted by atomic mass is 35.5. The van der Waals surface area contributed by atoms with E-state index in [2.05, 4.69) is 5.32 Å². The molecule has 0 saturated carbocycles. The van der Waals surface area contributed by atoms with E-state index in [1.165, 1.54) is 32.2 Å².